The number of halogens is 1. The number of methoxy groups -OCH3 is 1. The van der Waals surface area contributed by atoms with Crippen molar-refractivity contribution in [3.05, 3.63) is 71.8 Å². The third-order valence-electron chi connectivity index (χ3n) is 4.78. The fourth-order valence-electron chi connectivity index (χ4n) is 3.12. The fraction of sp³-hybridized carbons (Fsp3) is 0.136. The third kappa shape index (κ3) is 4.44. The quantitative estimate of drug-likeness (QED) is 0.354. The van der Waals surface area contributed by atoms with Crippen LogP contribution in [-0.2, 0) is 24.4 Å². The van der Waals surface area contributed by atoms with E-state index in [1.54, 1.807) is 6.07 Å². The lowest BCUT2D eigenvalue weighted by Gasteiger charge is -2.06. The van der Waals surface area contributed by atoms with E-state index in [9.17, 15) is 16.8 Å². The van der Waals surface area contributed by atoms with Gasteiger partial charge in [-0.05, 0) is 41.1 Å². The highest BCUT2D eigenvalue weighted by Crippen LogP contribution is 2.37. The number of nitrogens with zero attached hydrogens (tertiary/aromatic N) is 1. The van der Waals surface area contributed by atoms with Crippen LogP contribution in [0.15, 0.2) is 80.9 Å². The van der Waals surface area contributed by atoms with Gasteiger partial charge in [0.05, 0.1) is 17.3 Å². The molecule has 0 fully saturated rings. The summed E-state index contributed by atoms with van der Waals surface area (Å²) in [7, 11) is -6.78. The summed E-state index contributed by atoms with van der Waals surface area (Å²) in [5.74, 6) is -0.355. The lowest BCUT2D eigenvalue weighted by molar-refractivity contribution is 0.217. The predicted octanol–water partition coefficient (Wildman–Crippen LogP) is 4.87. The first-order valence-corrected chi connectivity index (χ1v) is 13.8. The molecule has 0 atom stereocenters. The van der Waals surface area contributed by atoms with E-state index in [0.717, 1.165) is 22.1 Å². The van der Waals surface area contributed by atoms with Crippen LogP contribution < -0.4 is 0 Å². The molecule has 1 heterocycles. The molecule has 0 aliphatic rings. The lowest BCUT2D eigenvalue weighted by atomic mass is 10.1. The number of thiazole rings is 1. The number of hydrogen-bond donors (Lipinski definition) is 0. The van der Waals surface area contributed by atoms with Gasteiger partial charge in [-0.3, -0.25) is 0 Å². The SMILES string of the molecule is COCCS(=O)(=O)c1sc(-c2ccc3ccccc3c2)nc1S(=O)(=O)c1ccc(Cl)cc1. The minimum Gasteiger partial charge on any atom is -0.384 e. The predicted molar refractivity (Wildman–Crippen MR) is 126 cm³/mol. The number of hydrogen-bond acceptors (Lipinski definition) is 7. The number of fused-ring (bicyclic) bond motifs is 1. The molecular formula is C22H18ClNO5S3. The topological polar surface area (TPSA) is 90.4 Å². The number of aromatic nitrogens is 1. The molecular weight excluding hydrogens is 490 g/mol. The molecule has 10 heteroatoms. The van der Waals surface area contributed by atoms with Crippen LogP contribution in [0.4, 0.5) is 0 Å². The second-order valence-corrected chi connectivity index (χ2v) is 12.5. The molecule has 0 aliphatic heterocycles. The summed E-state index contributed by atoms with van der Waals surface area (Å²) in [6.45, 7) is -0.0635. The molecule has 0 spiro atoms. The van der Waals surface area contributed by atoms with Crippen LogP contribution in [0.2, 0.25) is 5.02 Å². The van der Waals surface area contributed by atoms with Gasteiger partial charge in [-0.25, -0.2) is 21.8 Å². The molecule has 0 unspecified atom stereocenters. The van der Waals surface area contributed by atoms with Crippen molar-refractivity contribution in [2.45, 2.75) is 14.1 Å². The van der Waals surface area contributed by atoms with Crippen LogP contribution in [0.1, 0.15) is 0 Å². The van der Waals surface area contributed by atoms with E-state index in [2.05, 4.69) is 4.98 Å². The monoisotopic (exact) mass is 507 g/mol. The molecule has 0 saturated heterocycles. The van der Waals surface area contributed by atoms with E-state index in [0.29, 0.717) is 15.6 Å². The maximum atomic E-state index is 13.3. The minimum atomic E-state index is -4.20. The Morgan fingerprint density at radius 2 is 1.62 bits per heavy atom. The van der Waals surface area contributed by atoms with Gasteiger partial charge in [-0.2, -0.15) is 0 Å². The molecule has 3 aromatic carbocycles. The van der Waals surface area contributed by atoms with Gasteiger partial charge in [-0.15, -0.1) is 11.3 Å². The highest BCUT2D eigenvalue weighted by Gasteiger charge is 2.33. The van der Waals surface area contributed by atoms with Crippen molar-refractivity contribution in [2.24, 2.45) is 0 Å². The highest BCUT2D eigenvalue weighted by molar-refractivity contribution is 7.96. The second kappa shape index (κ2) is 8.92. The van der Waals surface area contributed by atoms with Crippen molar-refractivity contribution < 1.29 is 21.6 Å². The Bertz CT molecular complexity index is 1490. The fourth-order valence-corrected chi connectivity index (χ4v) is 8.18. The van der Waals surface area contributed by atoms with Crippen LogP contribution in [0.25, 0.3) is 21.3 Å². The van der Waals surface area contributed by atoms with Crippen molar-refractivity contribution >= 4 is 53.4 Å². The molecule has 4 rings (SSSR count). The minimum absolute atomic E-state index is 0.0635. The zero-order valence-corrected chi connectivity index (χ0v) is 20.1. The highest BCUT2D eigenvalue weighted by atomic mass is 35.5. The van der Waals surface area contributed by atoms with Gasteiger partial charge < -0.3 is 4.74 Å². The summed E-state index contributed by atoms with van der Waals surface area (Å²) in [5.41, 5.74) is 0.634. The second-order valence-electron chi connectivity index (χ2n) is 6.94. The Labute approximate surface area is 195 Å². The molecule has 0 radical (unpaired) electrons. The van der Waals surface area contributed by atoms with Crippen LogP contribution >= 0.6 is 22.9 Å². The Kier molecular flexibility index (Phi) is 6.37. The largest absolute Gasteiger partial charge is 0.384 e. The number of benzene rings is 3. The van der Waals surface area contributed by atoms with Crippen molar-refractivity contribution in [1.29, 1.82) is 0 Å². The van der Waals surface area contributed by atoms with E-state index in [1.165, 1.54) is 31.4 Å². The maximum Gasteiger partial charge on any atom is 0.226 e. The molecule has 0 amide bonds. The summed E-state index contributed by atoms with van der Waals surface area (Å²) < 4.78 is 57.3. The summed E-state index contributed by atoms with van der Waals surface area (Å²) in [6, 6.07) is 18.8. The van der Waals surface area contributed by atoms with Crippen LogP contribution in [0.3, 0.4) is 0 Å². The van der Waals surface area contributed by atoms with Gasteiger partial charge in [0, 0.05) is 17.7 Å². The first kappa shape index (κ1) is 22.9. The molecule has 0 aliphatic carbocycles. The van der Waals surface area contributed by atoms with Crippen molar-refractivity contribution in [1.82, 2.24) is 4.98 Å². The Morgan fingerprint density at radius 3 is 2.31 bits per heavy atom. The summed E-state index contributed by atoms with van der Waals surface area (Å²) in [4.78, 5) is 4.23. The van der Waals surface area contributed by atoms with E-state index in [4.69, 9.17) is 16.3 Å². The lowest BCUT2D eigenvalue weighted by Crippen LogP contribution is -2.14. The Morgan fingerprint density at radius 1 is 0.938 bits per heavy atom. The molecule has 166 valence electrons. The van der Waals surface area contributed by atoms with Crippen LogP contribution in [0, 0.1) is 0 Å². The molecule has 0 saturated carbocycles. The molecule has 0 bridgehead atoms. The van der Waals surface area contributed by atoms with Gasteiger partial charge in [0.15, 0.2) is 19.1 Å². The number of ether oxygens (including phenoxy) is 1. The van der Waals surface area contributed by atoms with Gasteiger partial charge in [-0.1, -0.05) is 48.0 Å². The summed E-state index contributed by atoms with van der Waals surface area (Å²) >= 11 is 6.73. The van der Waals surface area contributed by atoms with Gasteiger partial charge >= 0.3 is 0 Å². The van der Waals surface area contributed by atoms with E-state index >= 15 is 0 Å². The molecule has 0 N–H and O–H groups in total. The van der Waals surface area contributed by atoms with Gasteiger partial charge in [0.2, 0.25) is 9.84 Å². The average Bonchev–Trinajstić information content (AvgIpc) is 3.25. The summed E-state index contributed by atoms with van der Waals surface area (Å²) in [6.07, 6.45) is 0. The Hall–Kier alpha value is -2.30. The smallest absolute Gasteiger partial charge is 0.226 e. The average molecular weight is 508 g/mol. The van der Waals surface area contributed by atoms with Crippen molar-refractivity contribution in [2.75, 3.05) is 19.5 Å². The van der Waals surface area contributed by atoms with Gasteiger partial charge in [0.1, 0.15) is 5.01 Å². The van der Waals surface area contributed by atoms with E-state index in [1.807, 2.05) is 36.4 Å². The van der Waals surface area contributed by atoms with Crippen LogP contribution in [-0.4, -0.2) is 41.3 Å². The van der Waals surface area contributed by atoms with E-state index in [-0.39, 0.29) is 21.5 Å². The summed E-state index contributed by atoms with van der Waals surface area (Å²) in [5, 5.41) is 2.14. The molecule has 1 aromatic heterocycles. The van der Waals surface area contributed by atoms with Crippen LogP contribution in [0.5, 0.6) is 0 Å². The van der Waals surface area contributed by atoms with Crippen molar-refractivity contribution in [3.63, 3.8) is 0 Å². The molecule has 6 nitrogen and oxygen atoms in total. The molecule has 4 aromatic rings. The maximum absolute atomic E-state index is 13.3. The Balaban J connectivity index is 1.91. The zero-order valence-electron chi connectivity index (χ0n) is 16.9. The number of sulfone groups is 2. The van der Waals surface area contributed by atoms with Gasteiger partial charge in [0.25, 0.3) is 0 Å². The van der Waals surface area contributed by atoms with Crippen molar-refractivity contribution in [3.8, 4) is 10.6 Å². The van der Waals surface area contributed by atoms with E-state index < -0.39 is 24.7 Å². The zero-order chi connectivity index (χ0) is 22.9. The normalized spacial score (nSPS) is 12.3. The first-order chi connectivity index (χ1) is 15.2. The standard InChI is InChI=1S/C22H18ClNO5S3/c1-29-12-13-31(25,26)22-21(32(27,28)19-10-8-18(23)9-11-19)24-20(30-22)17-7-6-15-4-2-3-5-16(15)14-17/h2-11,14H,12-13H2,1H3. The number of rotatable bonds is 7. The third-order valence-corrected chi connectivity index (χ3v) is 10.4. The molecule has 32 heavy (non-hydrogen) atoms. The first-order valence-electron chi connectivity index (χ1n) is 9.45.